The summed E-state index contributed by atoms with van der Waals surface area (Å²) in [5.41, 5.74) is 1.15. The van der Waals surface area contributed by atoms with Gasteiger partial charge in [-0.1, -0.05) is 66.7 Å². The summed E-state index contributed by atoms with van der Waals surface area (Å²) in [4.78, 5) is 41.2. The SMILES string of the molecule is O=C(NCc1ccc(-c2cccc(C(O)(C(=O)O)c3ccccc3)c2)s1)c1ccc(CCNCC(O)c2ccc(O)c3[nH]c(=O)ccc23)cc1. The first-order valence-corrected chi connectivity index (χ1v) is 16.8. The van der Waals surface area contributed by atoms with E-state index in [0.717, 1.165) is 20.9 Å². The number of thiophene rings is 1. The fourth-order valence-electron chi connectivity index (χ4n) is 5.84. The number of carbonyl (C=O) groups excluding carboxylic acids is 1. The Kier molecular flexibility index (Phi) is 10.2. The van der Waals surface area contributed by atoms with Crippen LogP contribution >= 0.6 is 11.3 Å². The fraction of sp³-hybridized carbons (Fsp3) is 0.154. The normalized spacial score (nSPS) is 13.1. The lowest BCUT2D eigenvalue weighted by Gasteiger charge is -2.25. The first kappa shape index (κ1) is 34.3. The molecule has 0 saturated heterocycles. The third-order valence-electron chi connectivity index (χ3n) is 8.56. The summed E-state index contributed by atoms with van der Waals surface area (Å²) in [6.45, 7) is 1.17. The summed E-state index contributed by atoms with van der Waals surface area (Å²) in [5.74, 6) is -1.64. The Hall–Kier alpha value is -5.59. The lowest BCUT2D eigenvalue weighted by atomic mass is 9.85. The summed E-state index contributed by atoms with van der Waals surface area (Å²) in [6, 6.07) is 32.3. The number of phenols is 1. The van der Waals surface area contributed by atoms with Gasteiger partial charge in [-0.25, -0.2) is 4.79 Å². The van der Waals surface area contributed by atoms with E-state index in [9.17, 15) is 34.8 Å². The van der Waals surface area contributed by atoms with Gasteiger partial charge >= 0.3 is 5.97 Å². The highest BCUT2D eigenvalue weighted by molar-refractivity contribution is 7.15. The van der Waals surface area contributed by atoms with Gasteiger partial charge in [-0.15, -0.1) is 11.3 Å². The van der Waals surface area contributed by atoms with Crippen molar-refractivity contribution in [2.45, 2.75) is 24.7 Å². The van der Waals surface area contributed by atoms with E-state index in [1.807, 2.05) is 30.3 Å². The molecule has 0 radical (unpaired) electrons. The van der Waals surface area contributed by atoms with Gasteiger partial charge in [0.2, 0.25) is 11.2 Å². The number of aliphatic hydroxyl groups excluding tert-OH is 1. The highest BCUT2D eigenvalue weighted by Crippen LogP contribution is 2.35. The van der Waals surface area contributed by atoms with E-state index >= 15 is 0 Å². The van der Waals surface area contributed by atoms with Gasteiger partial charge in [0.05, 0.1) is 18.2 Å². The highest BCUT2D eigenvalue weighted by Gasteiger charge is 2.40. The quantitative estimate of drug-likeness (QED) is 0.0823. The second kappa shape index (κ2) is 14.9. The number of aromatic nitrogens is 1. The molecule has 7 N–H and O–H groups in total. The highest BCUT2D eigenvalue weighted by atomic mass is 32.1. The van der Waals surface area contributed by atoms with E-state index in [2.05, 4.69) is 15.6 Å². The van der Waals surface area contributed by atoms with Gasteiger partial charge < -0.3 is 36.0 Å². The molecule has 0 saturated carbocycles. The molecule has 4 aromatic carbocycles. The number of H-pyrrole nitrogens is 1. The Bertz CT molecular complexity index is 2200. The summed E-state index contributed by atoms with van der Waals surface area (Å²) < 4.78 is 0. The minimum Gasteiger partial charge on any atom is -0.506 e. The number of fused-ring (bicyclic) bond motifs is 1. The molecule has 0 spiro atoms. The zero-order chi connectivity index (χ0) is 35.3. The molecule has 0 aliphatic carbocycles. The van der Waals surface area contributed by atoms with Crippen molar-refractivity contribution >= 4 is 34.1 Å². The van der Waals surface area contributed by atoms with Gasteiger partial charge in [-0.3, -0.25) is 9.59 Å². The molecular formula is C39H35N3O7S. The maximum absolute atomic E-state index is 12.9. The number of pyridine rings is 1. The minimum atomic E-state index is -2.20. The number of amides is 1. The Morgan fingerprint density at radius 3 is 2.38 bits per heavy atom. The lowest BCUT2D eigenvalue weighted by molar-refractivity contribution is -0.155. The minimum absolute atomic E-state index is 0.0588. The van der Waals surface area contributed by atoms with Gasteiger partial charge in [0, 0.05) is 38.9 Å². The largest absolute Gasteiger partial charge is 0.506 e. The molecule has 2 heterocycles. The Labute approximate surface area is 291 Å². The molecule has 6 aromatic rings. The third-order valence-corrected chi connectivity index (χ3v) is 9.70. The van der Waals surface area contributed by atoms with Crippen molar-refractivity contribution in [1.82, 2.24) is 15.6 Å². The van der Waals surface area contributed by atoms with Crippen LogP contribution < -0.4 is 16.2 Å². The fourth-order valence-corrected chi connectivity index (χ4v) is 6.79. The predicted molar refractivity (Wildman–Crippen MR) is 192 cm³/mol. The number of carbonyl (C=O) groups is 2. The first-order valence-electron chi connectivity index (χ1n) is 15.9. The molecule has 0 aliphatic rings. The molecule has 0 fully saturated rings. The van der Waals surface area contributed by atoms with E-state index in [4.69, 9.17) is 0 Å². The monoisotopic (exact) mass is 689 g/mol. The molecule has 11 heteroatoms. The molecular weight excluding hydrogens is 655 g/mol. The van der Waals surface area contributed by atoms with Gasteiger partial charge in [0.25, 0.3) is 5.91 Å². The van der Waals surface area contributed by atoms with Crippen LogP contribution in [-0.2, 0) is 23.4 Å². The van der Waals surface area contributed by atoms with Crippen LogP contribution in [0, 0.1) is 0 Å². The van der Waals surface area contributed by atoms with Crippen LogP contribution in [-0.4, -0.2) is 50.4 Å². The number of hydrogen-bond acceptors (Lipinski definition) is 8. The number of rotatable bonds is 13. The van der Waals surface area contributed by atoms with E-state index < -0.39 is 17.7 Å². The lowest BCUT2D eigenvalue weighted by Crippen LogP contribution is -2.36. The van der Waals surface area contributed by atoms with Crippen molar-refractivity contribution in [2.24, 2.45) is 0 Å². The first-order chi connectivity index (χ1) is 24.1. The number of nitrogens with one attached hydrogen (secondary N) is 3. The van der Waals surface area contributed by atoms with Crippen LogP contribution in [0.15, 0.2) is 120 Å². The van der Waals surface area contributed by atoms with Crippen LogP contribution in [0.3, 0.4) is 0 Å². The molecule has 1 amide bonds. The van der Waals surface area contributed by atoms with Gasteiger partial charge in [0.1, 0.15) is 5.75 Å². The maximum atomic E-state index is 12.9. The number of aliphatic hydroxyl groups is 2. The number of aliphatic carboxylic acids is 1. The molecule has 6 rings (SSSR count). The predicted octanol–water partition coefficient (Wildman–Crippen LogP) is 5.08. The van der Waals surface area contributed by atoms with Crippen molar-refractivity contribution in [3.05, 3.63) is 158 Å². The number of carboxylic acids is 1. The Morgan fingerprint density at radius 2 is 1.62 bits per heavy atom. The molecule has 254 valence electrons. The molecule has 50 heavy (non-hydrogen) atoms. The van der Waals surface area contributed by atoms with Gasteiger partial charge in [-0.2, -0.15) is 0 Å². The number of phenolic OH excluding ortho intramolecular Hbond substituents is 1. The van der Waals surface area contributed by atoms with Crippen molar-refractivity contribution in [3.8, 4) is 16.2 Å². The topological polar surface area (TPSA) is 172 Å². The van der Waals surface area contributed by atoms with Crippen molar-refractivity contribution in [3.63, 3.8) is 0 Å². The van der Waals surface area contributed by atoms with Crippen molar-refractivity contribution in [2.75, 3.05) is 13.1 Å². The molecule has 2 unspecified atom stereocenters. The van der Waals surface area contributed by atoms with Crippen molar-refractivity contribution in [1.29, 1.82) is 0 Å². The maximum Gasteiger partial charge on any atom is 0.345 e. The van der Waals surface area contributed by atoms with Crippen LogP contribution in [0.5, 0.6) is 5.75 Å². The van der Waals surface area contributed by atoms with Gasteiger partial charge in [0.15, 0.2) is 0 Å². The van der Waals surface area contributed by atoms with Gasteiger partial charge in [-0.05, 0) is 77.7 Å². The summed E-state index contributed by atoms with van der Waals surface area (Å²) in [5, 5.41) is 48.8. The average molecular weight is 690 g/mol. The molecule has 2 aromatic heterocycles. The number of aromatic amines is 1. The van der Waals surface area contributed by atoms with Crippen molar-refractivity contribution < 1.29 is 30.0 Å². The second-order valence-electron chi connectivity index (χ2n) is 11.9. The number of carboxylic acid groups (broad SMARTS) is 1. The van der Waals surface area contributed by atoms with E-state index in [1.165, 1.54) is 23.5 Å². The number of hydrogen-bond donors (Lipinski definition) is 7. The number of aromatic hydroxyl groups is 1. The Balaban J connectivity index is 1.00. The second-order valence-corrected chi connectivity index (χ2v) is 13.0. The molecule has 0 aliphatic heterocycles. The van der Waals surface area contributed by atoms with Crippen LogP contribution in [0.25, 0.3) is 21.3 Å². The van der Waals surface area contributed by atoms with E-state index in [0.29, 0.717) is 36.0 Å². The summed E-state index contributed by atoms with van der Waals surface area (Å²) in [7, 11) is 0. The summed E-state index contributed by atoms with van der Waals surface area (Å²) in [6.07, 6.45) is -0.177. The zero-order valence-corrected chi connectivity index (χ0v) is 27.6. The summed E-state index contributed by atoms with van der Waals surface area (Å²) >= 11 is 1.47. The van der Waals surface area contributed by atoms with Crippen LogP contribution in [0.4, 0.5) is 0 Å². The number of benzene rings is 4. The molecule has 10 nitrogen and oxygen atoms in total. The Morgan fingerprint density at radius 1 is 0.860 bits per heavy atom. The third kappa shape index (κ3) is 7.36. The standard InChI is InChI=1S/C39H35N3O7S/c43-32-16-14-30(31-15-18-35(45)42-36(31)32)33(44)23-40-20-19-24-9-11-25(12-10-24)37(46)41-22-29-13-17-34(50-29)26-5-4-8-28(21-26)39(49,38(47)48)27-6-2-1-3-7-27/h1-18,21,33,40,43-44,49H,19-20,22-23H2,(H,41,46)(H,42,45)(H,47,48). The van der Waals surface area contributed by atoms with E-state index in [1.54, 1.807) is 72.8 Å². The van der Waals surface area contributed by atoms with Crippen LogP contribution in [0.1, 0.15) is 43.6 Å². The van der Waals surface area contributed by atoms with E-state index in [-0.39, 0.29) is 40.4 Å². The molecule has 0 bridgehead atoms. The molecule has 2 atom stereocenters. The average Bonchev–Trinajstić information content (AvgIpc) is 3.62. The van der Waals surface area contributed by atoms with Crippen LogP contribution in [0.2, 0.25) is 0 Å². The zero-order valence-electron chi connectivity index (χ0n) is 26.8. The smallest absolute Gasteiger partial charge is 0.345 e.